The number of methoxy groups -OCH3 is 1. The second-order valence-corrected chi connectivity index (χ2v) is 3.63. The van der Waals surface area contributed by atoms with Crippen LogP contribution < -0.4 is 10.5 Å². The minimum absolute atomic E-state index is 0.0424. The van der Waals surface area contributed by atoms with Crippen LogP contribution in [0.5, 0.6) is 5.75 Å². The zero-order valence-corrected chi connectivity index (χ0v) is 9.27. The molecule has 0 saturated carbocycles. The third-order valence-corrected chi connectivity index (χ3v) is 2.50. The molecule has 0 saturated heterocycles. The van der Waals surface area contributed by atoms with Crippen molar-refractivity contribution in [1.29, 1.82) is 0 Å². The van der Waals surface area contributed by atoms with E-state index in [2.05, 4.69) is 0 Å². The zero-order chi connectivity index (χ0) is 12.3. The predicted octanol–water partition coefficient (Wildman–Crippen LogP) is 2.95. The Bertz CT molecular complexity index is 368. The maximum atomic E-state index is 12.6. The lowest BCUT2D eigenvalue weighted by molar-refractivity contribution is -0.148. The van der Waals surface area contributed by atoms with E-state index in [1.807, 2.05) is 0 Å². The highest BCUT2D eigenvalue weighted by molar-refractivity contribution is 6.32. The van der Waals surface area contributed by atoms with E-state index in [0.29, 0.717) is 5.75 Å². The van der Waals surface area contributed by atoms with Crippen LogP contribution in [0.4, 0.5) is 13.2 Å². The molecular formula is C10H11ClF3NO. The molecule has 0 aromatic heterocycles. The predicted molar refractivity (Wildman–Crippen MR) is 55.9 cm³/mol. The van der Waals surface area contributed by atoms with Crippen molar-refractivity contribution in [2.45, 2.75) is 12.1 Å². The van der Waals surface area contributed by atoms with E-state index in [-0.39, 0.29) is 10.6 Å². The Labute approximate surface area is 96.1 Å². The van der Waals surface area contributed by atoms with Gasteiger partial charge in [0.1, 0.15) is 5.75 Å². The molecule has 6 heteroatoms. The topological polar surface area (TPSA) is 35.2 Å². The Balaban J connectivity index is 3.08. The molecule has 1 rings (SSSR count). The molecule has 1 aromatic rings. The lowest BCUT2D eigenvalue weighted by atomic mass is 9.99. The summed E-state index contributed by atoms with van der Waals surface area (Å²) in [7, 11) is 1.39. The van der Waals surface area contributed by atoms with Crippen LogP contribution in [-0.4, -0.2) is 19.8 Å². The van der Waals surface area contributed by atoms with E-state index < -0.39 is 18.6 Å². The number of alkyl halides is 3. The Hall–Kier alpha value is -0.940. The first-order valence-electron chi connectivity index (χ1n) is 4.50. The molecule has 0 aliphatic heterocycles. The number of hydrogen-bond donors (Lipinski definition) is 1. The molecular weight excluding hydrogens is 243 g/mol. The molecule has 2 nitrogen and oxygen atoms in total. The van der Waals surface area contributed by atoms with Crippen LogP contribution in [0.15, 0.2) is 18.2 Å². The van der Waals surface area contributed by atoms with Gasteiger partial charge in [-0.1, -0.05) is 17.7 Å². The summed E-state index contributed by atoms with van der Waals surface area (Å²) in [6.45, 7) is -0.508. The maximum absolute atomic E-state index is 12.6. The lowest BCUT2D eigenvalue weighted by Crippen LogP contribution is -2.27. The SMILES string of the molecule is COc1ccc(C(CN)C(F)(F)F)cc1Cl. The van der Waals surface area contributed by atoms with Crippen molar-refractivity contribution in [3.8, 4) is 5.75 Å². The van der Waals surface area contributed by atoms with Crippen molar-refractivity contribution in [2.75, 3.05) is 13.7 Å². The first-order chi connectivity index (χ1) is 7.40. The molecule has 16 heavy (non-hydrogen) atoms. The molecule has 0 heterocycles. The van der Waals surface area contributed by atoms with Gasteiger partial charge in [0.2, 0.25) is 0 Å². The summed E-state index contributed by atoms with van der Waals surface area (Å²) < 4.78 is 42.6. The third kappa shape index (κ3) is 2.80. The van der Waals surface area contributed by atoms with Gasteiger partial charge in [-0.3, -0.25) is 0 Å². The highest BCUT2D eigenvalue weighted by Crippen LogP contribution is 2.36. The van der Waals surface area contributed by atoms with E-state index in [0.717, 1.165) is 0 Å². The van der Waals surface area contributed by atoms with Crippen molar-refractivity contribution < 1.29 is 17.9 Å². The number of rotatable bonds is 3. The lowest BCUT2D eigenvalue weighted by Gasteiger charge is -2.19. The van der Waals surface area contributed by atoms with Crippen molar-refractivity contribution in [2.24, 2.45) is 5.73 Å². The smallest absolute Gasteiger partial charge is 0.396 e. The molecule has 0 amide bonds. The van der Waals surface area contributed by atoms with Crippen LogP contribution in [0, 0.1) is 0 Å². The molecule has 1 unspecified atom stereocenters. The fraction of sp³-hybridized carbons (Fsp3) is 0.400. The van der Waals surface area contributed by atoms with Crippen LogP contribution in [0.3, 0.4) is 0 Å². The molecule has 2 N–H and O–H groups in total. The summed E-state index contributed by atoms with van der Waals surface area (Å²) in [6.07, 6.45) is -4.37. The molecule has 0 aliphatic rings. The van der Waals surface area contributed by atoms with Crippen molar-refractivity contribution in [3.63, 3.8) is 0 Å². The minimum Gasteiger partial charge on any atom is -0.495 e. The fourth-order valence-electron chi connectivity index (χ4n) is 1.36. The average Bonchev–Trinajstić information content (AvgIpc) is 2.17. The number of nitrogens with two attached hydrogens (primary N) is 1. The van der Waals surface area contributed by atoms with Crippen molar-refractivity contribution in [1.82, 2.24) is 0 Å². The molecule has 0 spiro atoms. The molecule has 1 atom stereocenters. The standard InChI is InChI=1S/C10H11ClF3NO/c1-16-9-3-2-6(4-8(9)11)7(5-15)10(12,13)14/h2-4,7H,5,15H2,1H3. The van der Waals surface area contributed by atoms with E-state index in [1.54, 1.807) is 0 Å². The van der Waals surface area contributed by atoms with Gasteiger partial charge in [0, 0.05) is 6.54 Å². The number of hydrogen-bond acceptors (Lipinski definition) is 2. The van der Waals surface area contributed by atoms with E-state index in [1.165, 1.54) is 25.3 Å². The number of ether oxygens (including phenoxy) is 1. The second kappa shape index (κ2) is 4.93. The Kier molecular flexibility index (Phi) is 4.04. The summed E-state index contributed by atoms with van der Waals surface area (Å²) in [4.78, 5) is 0. The first-order valence-corrected chi connectivity index (χ1v) is 4.88. The van der Waals surface area contributed by atoms with Crippen LogP contribution >= 0.6 is 11.6 Å². The second-order valence-electron chi connectivity index (χ2n) is 3.22. The first kappa shape index (κ1) is 13.1. The summed E-state index contributed by atoms with van der Waals surface area (Å²) in [5, 5.41) is 0.141. The molecule has 0 fully saturated rings. The molecule has 0 bridgehead atoms. The van der Waals surface area contributed by atoms with E-state index in [9.17, 15) is 13.2 Å². The number of halogens is 4. The largest absolute Gasteiger partial charge is 0.495 e. The monoisotopic (exact) mass is 253 g/mol. The summed E-state index contributed by atoms with van der Waals surface area (Å²) in [6, 6.07) is 3.94. The quantitative estimate of drug-likeness (QED) is 0.899. The van der Waals surface area contributed by atoms with Gasteiger partial charge >= 0.3 is 6.18 Å². The average molecular weight is 254 g/mol. The zero-order valence-electron chi connectivity index (χ0n) is 8.51. The Morgan fingerprint density at radius 2 is 2.06 bits per heavy atom. The van der Waals surface area contributed by atoms with Gasteiger partial charge in [-0.25, -0.2) is 0 Å². The van der Waals surface area contributed by atoms with Crippen molar-refractivity contribution >= 4 is 11.6 Å². The molecule has 0 aliphatic carbocycles. The van der Waals surface area contributed by atoms with Gasteiger partial charge in [0.05, 0.1) is 18.1 Å². The van der Waals surface area contributed by atoms with Crippen LogP contribution in [0.25, 0.3) is 0 Å². The summed E-state index contributed by atoms with van der Waals surface area (Å²) >= 11 is 5.75. The highest BCUT2D eigenvalue weighted by Gasteiger charge is 2.39. The summed E-state index contributed by atoms with van der Waals surface area (Å²) in [5.74, 6) is -1.36. The minimum atomic E-state index is -4.37. The van der Waals surface area contributed by atoms with Gasteiger partial charge in [-0.2, -0.15) is 13.2 Å². The van der Waals surface area contributed by atoms with Gasteiger partial charge < -0.3 is 10.5 Å². The van der Waals surface area contributed by atoms with Gasteiger partial charge in [0.25, 0.3) is 0 Å². The Morgan fingerprint density at radius 3 is 2.44 bits per heavy atom. The van der Waals surface area contributed by atoms with Crippen LogP contribution in [-0.2, 0) is 0 Å². The summed E-state index contributed by atoms with van der Waals surface area (Å²) in [5.41, 5.74) is 5.16. The molecule has 0 radical (unpaired) electrons. The maximum Gasteiger partial charge on any atom is 0.396 e. The van der Waals surface area contributed by atoms with Crippen LogP contribution in [0.1, 0.15) is 11.5 Å². The third-order valence-electron chi connectivity index (χ3n) is 2.21. The van der Waals surface area contributed by atoms with Crippen LogP contribution in [0.2, 0.25) is 5.02 Å². The fourth-order valence-corrected chi connectivity index (χ4v) is 1.62. The number of benzene rings is 1. The van der Waals surface area contributed by atoms with E-state index >= 15 is 0 Å². The van der Waals surface area contributed by atoms with Gasteiger partial charge in [-0.05, 0) is 17.7 Å². The van der Waals surface area contributed by atoms with E-state index in [4.69, 9.17) is 22.1 Å². The molecule has 90 valence electrons. The van der Waals surface area contributed by atoms with Gasteiger partial charge in [0.15, 0.2) is 0 Å². The van der Waals surface area contributed by atoms with Gasteiger partial charge in [-0.15, -0.1) is 0 Å². The van der Waals surface area contributed by atoms with Crippen molar-refractivity contribution in [3.05, 3.63) is 28.8 Å². The Morgan fingerprint density at radius 1 is 1.44 bits per heavy atom. The normalized spacial score (nSPS) is 13.6. The molecule has 1 aromatic carbocycles. The highest BCUT2D eigenvalue weighted by atomic mass is 35.5.